The SMILES string of the molecule is Cc1ccccc1C(C)NCC1CCOc2ccccc21. The van der Waals surface area contributed by atoms with Crippen LogP contribution in [0.5, 0.6) is 5.75 Å². The fourth-order valence-electron chi connectivity index (χ4n) is 3.13. The smallest absolute Gasteiger partial charge is 0.122 e. The Kier molecular flexibility index (Phi) is 4.26. The molecule has 0 aliphatic carbocycles. The average molecular weight is 281 g/mol. The molecule has 0 spiro atoms. The Morgan fingerprint density at radius 3 is 2.76 bits per heavy atom. The van der Waals surface area contributed by atoms with Gasteiger partial charge >= 0.3 is 0 Å². The summed E-state index contributed by atoms with van der Waals surface area (Å²) in [5.74, 6) is 1.60. The summed E-state index contributed by atoms with van der Waals surface area (Å²) >= 11 is 0. The Morgan fingerprint density at radius 2 is 1.90 bits per heavy atom. The Labute approximate surface area is 127 Å². The lowest BCUT2D eigenvalue weighted by atomic mass is 9.92. The average Bonchev–Trinajstić information content (AvgIpc) is 2.53. The second-order valence-corrected chi connectivity index (χ2v) is 5.86. The summed E-state index contributed by atoms with van der Waals surface area (Å²) in [6.45, 7) is 6.24. The van der Waals surface area contributed by atoms with Crippen molar-refractivity contribution in [2.24, 2.45) is 0 Å². The third kappa shape index (κ3) is 3.11. The van der Waals surface area contributed by atoms with Crippen LogP contribution in [0.3, 0.4) is 0 Å². The molecule has 2 aromatic carbocycles. The van der Waals surface area contributed by atoms with Crippen LogP contribution in [0.25, 0.3) is 0 Å². The molecule has 0 bridgehead atoms. The lowest BCUT2D eigenvalue weighted by Gasteiger charge is -2.27. The highest BCUT2D eigenvalue weighted by molar-refractivity contribution is 5.38. The van der Waals surface area contributed by atoms with Gasteiger partial charge in [0.15, 0.2) is 0 Å². The molecule has 1 aliphatic heterocycles. The molecule has 2 atom stereocenters. The minimum Gasteiger partial charge on any atom is -0.493 e. The van der Waals surface area contributed by atoms with Crippen molar-refractivity contribution in [2.45, 2.75) is 32.2 Å². The van der Waals surface area contributed by atoms with Gasteiger partial charge in [0, 0.05) is 18.5 Å². The maximum absolute atomic E-state index is 5.74. The number of ether oxygens (including phenoxy) is 1. The predicted octanol–water partition coefficient (Wildman–Crippen LogP) is 4.21. The van der Waals surface area contributed by atoms with E-state index in [-0.39, 0.29) is 0 Å². The van der Waals surface area contributed by atoms with Gasteiger partial charge in [-0.05, 0) is 43.0 Å². The molecule has 0 amide bonds. The minimum atomic E-state index is 0.376. The molecular weight excluding hydrogens is 258 g/mol. The predicted molar refractivity (Wildman–Crippen MR) is 86.9 cm³/mol. The van der Waals surface area contributed by atoms with Crippen LogP contribution in [0.15, 0.2) is 48.5 Å². The second-order valence-electron chi connectivity index (χ2n) is 5.86. The zero-order valence-corrected chi connectivity index (χ0v) is 12.8. The van der Waals surface area contributed by atoms with Crippen molar-refractivity contribution in [1.82, 2.24) is 5.32 Å². The number of benzene rings is 2. The van der Waals surface area contributed by atoms with Crippen LogP contribution >= 0.6 is 0 Å². The molecule has 0 aromatic heterocycles. The standard InChI is InChI=1S/C19H23NO/c1-14-7-3-4-8-17(14)15(2)20-13-16-11-12-21-19-10-6-5-9-18(16)19/h3-10,15-16,20H,11-13H2,1-2H3. The Balaban J connectivity index is 1.67. The van der Waals surface area contributed by atoms with E-state index in [2.05, 4.69) is 61.6 Å². The summed E-state index contributed by atoms with van der Waals surface area (Å²) < 4.78 is 5.74. The van der Waals surface area contributed by atoms with E-state index < -0.39 is 0 Å². The molecule has 0 radical (unpaired) electrons. The van der Waals surface area contributed by atoms with Crippen molar-refractivity contribution >= 4 is 0 Å². The first-order valence-electron chi connectivity index (χ1n) is 7.76. The van der Waals surface area contributed by atoms with Crippen LogP contribution < -0.4 is 10.1 Å². The van der Waals surface area contributed by atoms with E-state index in [1.54, 1.807) is 0 Å². The summed E-state index contributed by atoms with van der Waals surface area (Å²) in [6, 6.07) is 17.4. The van der Waals surface area contributed by atoms with Gasteiger partial charge in [-0.15, -0.1) is 0 Å². The van der Waals surface area contributed by atoms with Crippen LogP contribution in [0.4, 0.5) is 0 Å². The quantitative estimate of drug-likeness (QED) is 0.906. The van der Waals surface area contributed by atoms with Gasteiger partial charge < -0.3 is 10.1 Å². The van der Waals surface area contributed by atoms with Crippen LogP contribution in [0, 0.1) is 6.92 Å². The van der Waals surface area contributed by atoms with E-state index in [0.717, 1.165) is 25.3 Å². The molecule has 110 valence electrons. The fraction of sp³-hybridized carbons (Fsp3) is 0.368. The highest BCUT2D eigenvalue weighted by Gasteiger charge is 2.21. The molecule has 3 rings (SSSR count). The van der Waals surface area contributed by atoms with Gasteiger partial charge in [-0.1, -0.05) is 42.5 Å². The summed E-state index contributed by atoms with van der Waals surface area (Å²) in [7, 11) is 0. The van der Waals surface area contributed by atoms with Gasteiger partial charge in [-0.2, -0.15) is 0 Å². The lowest BCUT2D eigenvalue weighted by molar-refractivity contribution is 0.263. The number of aryl methyl sites for hydroxylation is 1. The van der Waals surface area contributed by atoms with Gasteiger partial charge in [0.05, 0.1) is 6.61 Å². The van der Waals surface area contributed by atoms with E-state index in [9.17, 15) is 0 Å². The normalized spacial score (nSPS) is 18.7. The maximum Gasteiger partial charge on any atom is 0.122 e. The number of fused-ring (bicyclic) bond motifs is 1. The first kappa shape index (κ1) is 14.2. The lowest BCUT2D eigenvalue weighted by Crippen LogP contribution is -2.28. The number of rotatable bonds is 4. The summed E-state index contributed by atoms with van der Waals surface area (Å²) in [6.07, 6.45) is 1.09. The zero-order valence-electron chi connectivity index (χ0n) is 12.8. The fourth-order valence-corrected chi connectivity index (χ4v) is 3.13. The number of nitrogens with one attached hydrogen (secondary N) is 1. The second kappa shape index (κ2) is 6.31. The van der Waals surface area contributed by atoms with Crippen LogP contribution in [0.2, 0.25) is 0 Å². The summed E-state index contributed by atoms with van der Waals surface area (Å²) in [4.78, 5) is 0. The topological polar surface area (TPSA) is 21.3 Å². The largest absolute Gasteiger partial charge is 0.493 e. The van der Waals surface area contributed by atoms with Gasteiger partial charge in [-0.25, -0.2) is 0 Å². The monoisotopic (exact) mass is 281 g/mol. The molecular formula is C19H23NO. The molecule has 1 N–H and O–H groups in total. The van der Waals surface area contributed by atoms with Crippen molar-refractivity contribution in [3.63, 3.8) is 0 Å². The highest BCUT2D eigenvalue weighted by Crippen LogP contribution is 2.33. The van der Waals surface area contributed by atoms with Crippen molar-refractivity contribution in [3.8, 4) is 5.75 Å². The van der Waals surface area contributed by atoms with E-state index in [0.29, 0.717) is 12.0 Å². The molecule has 1 heterocycles. The van der Waals surface area contributed by atoms with Crippen LogP contribution in [-0.2, 0) is 0 Å². The molecule has 0 fully saturated rings. The van der Waals surface area contributed by atoms with Crippen LogP contribution in [0.1, 0.15) is 42.0 Å². The number of para-hydroxylation sites is 1. The molecule has 21 heavy (non-hydrogen) atoms. The number of hydrogen-bond donors (Lipinski definition) is 1. The first-order chi connectivity index (χ1) is 10.3. The van der Waals surface area contributed by atoms with Gasteiger partial charge in [0.1, 0.15) is 5.75 Å². The third-order valence-corrected chi connectivity index (χ3v) is 4.41. The molecule has 2 unspecified atom stereocenters. The minimum absolute atomic E-state index is 0.376. The third-order valence-electron chi connectivity index (χ3n) is 4.41. The van der Waals surface area contributed by atoms with E-state index in [1.807, 2.05) is 6.07 Å². The van der Waals surface area contributed by atoms with Gasteiger partial charge in [0.2, 0.25) is 0 Å². The van der Waals surface area contributed by atoms with Crippen molar-refractivity contribution < 1.29 is 4.74 Å². The first-order valence-corrected chi connectivity index (χ1v) is 7.76. The van der Waals surface area contributed by atoms with Crippen molar-refractivity contribution in [1.29, 1.82) is 0 Å². The van der Waals surface area contributed by atoms with Gasteiger partial charge in [0.25, 0.3) is 0 Å². The Bertz CT molecular complexity index is 608. The van der Waals surface area contributed by atoms with Crippen molar-refractivity contribution in [2.75, 3.05) is 13.2 Å². The van der Waals surface area contributed by atoms with E-state index in [4.69, 9.17) is 4.74 Å². The van der Waals surface area contributed by atoms with Gasteiger partial charge in [-0.3, -0.25) is 0 Å². The molecule has 0 saturated heterocycles. The molecule has 2 nitrogen and oxygen atoms in total. The number of hydrogen-bond acceptors (Lipinski definition) is 2. The molecule has 2 aromatic rings. The molecule has 1 aliphatic rings. The van der Waals surface area contributed by atoms with Crippen molar-refractivity contribution in [3.05, 3.63) is 65.2 Å². The maximum atomic E-state index is 5.74. The zero-order chi connectivity index (χ0) is 14.7. The molecule has 2 heteroatoms. The summed E-state index contributed by atoms with van der Waals surface area (Å²) in [5.41, 5.74) is 4.08. The Hall–Kier alpha value is -1.80. The van der Waals surface area contributed by atoms with Crippen LogP contribution in [-0.4, -0.2) is 13.2 Å². The summed E-state index contributed by atoms with van der Waals surface area (Å²) in [5, 5.41) is 3.69. The van der Waals surface area contributed by atoms with E-state index in [1.165, 1.54) is 16.7 Å². The molecule has 0 saturated carbocycles. The Morgan fingerprint density at radius 1 is 1.14 bits per heavy atom. The van der Waals surface area contributed by atoms with E-state index >= 15 is 0 Å². The highest BCUT2D eigenvalue weighted by atomic mass is 16.5.